The monoisotopic (exact) mass is 490 g/mol. The number of nitrogens with two attached hydrogens (primary N) is 2. The average molecular weight is 491 g/mol. The van der Waals surface area contributed by atoms with E-state index in [0.29, 0.717) is 30.6 Å². The van der Waals surface area contributed by atoms with E-state index in [2.05, 4.69) is 15.0 Å². The van der Waals surface area contributed by atoms with Crippen LogP contribution in [-0.4, -0.2) is 76.9 Å². The highest BCUT2D eigenvalue weighted by Crippen LogP contribution is 2.43. The van der Waals surface area contributed by atoms with Gasteiger partial charge in [-0.3, -0.25) is 30.1 Å². The molecule has 12 nitrogen and oxygen atoms in total. The van der Waals surface area contributed by atoms with Crippen LogP contribution in [0.3, 0.4) is 0 Å². The minimum absolute atomic E-state index is 0.0285. The summed E-state index contributed by atoms with van der Waals surface area (Å²) in [6.07, 6.45) is 7.46. The van der Waals surface area contributed by atoms with Crippen molar-refractivity contribution < 1.29 is 29.0 Å². The first kappa shape index (κ1) is 27.7. The number of ether oxygens (including phenoxy) is 1. The molecule has 0 radical (unpaired) electrons. The Bertz CT molecular complexity index is 898. The van der Waals surface area contributed by atoms with Gasteiger partial charge in [-0.2, -0.15) is 0 Å². The van der Waals surface area contributed by atoms with E-state index in [0.717, 1.165) is 32.1 Å². The van der Waals surface area contributed by atoms with Gasteiger partial charge in [0, 0.05) is 12.7 Å². The van der Waals surface area contributed by atoms with Crippen molar-refractivity contribution >= 4 is 29.6 Å². The van der Waals surface area contributed by atoms with Crippen molar-refractivity contribution in [1.82, 2.24) is 15.2 Å². The third kappa shape index (κ3) is 6.98. The minimum atomic E-state index is -1.07. The molecule has 1 atom stereocenters. The highest BCUT2D eigenvalue weighted by Gasteiger charge is 2.54. The average Bonchev–Trinajstić information content (AvgIpc) is 3.31. The molecule has 192 valence electrons. The Morgan fingerprint density at radius 1 is 1.17 bits per heavy atom. The standard InChI is InChI=1S/C16H26N2O5.C7H8N4O/c1-23-14(20)11-17-10-13(19)18-9-5-8-16(18,15(21)22)12-6-3-2-4-7-12;8-6(9)5-2-1-4(3-11-5)7(10)12/h12,17H,2-11H2,1H3,(H,21,22);1-3H,(H3,8,9)(H2,10,12)/t16-;/m1./s1. The summed E-state index contributed by atoms with van der Waals surface area (Å²) in [5.41, 5.74) is 9.69. The molecular formula is C23H34N6O6. The molecule has 7 N–H and O–H groups in total. The lowest BCUT2D eigenvalue weighted by atomic mass is 9.73. The normalized spacial score (nSPS) is 19.9. The van der Waals surface area contributed by atoms with Crippen molar-refractivity contribution in [2.45, 2.75) is 50.5 Å². The number of rotatable bonds is 8. The van der Waals surface area contributed by atoms with Crippen LogP contribution in [0.25, 0.3) is 0 Å². The number of nitrogens with zero attached hydrogens (tertiary/aromatic N) is 2. The summed E-state index contributed by atoms with van der Waals surface area (Å²) in [4.78, 5) is 51.6. The number of primary amides is 1. The van der Waals surface area contributed by atoms with Crippen LogP contribution in [0.1, 0.15) is 61.0 Å². The van der Waals surface area contributed by atoms with Gasteiger partial charge in [-0.1, -0.05) is 19.3 Å². The molecule has 0 aromatic carbocycles. The summed E-state index contributed by atoms with van der Waals surface area (Å²) in [7, 11) is 1.28. The Morgan fingerprint density at radius 3 is 2.37 bits per heavy atom. The summed E-state index contributed by atoms with van der Waals surface area (Å²) in [6, 6.07) is 2.95. The molecular weight excluding hydrogens is 456 g/mol. The molecule has 1 saturated heterocycles. The number of carboxylic acids is 1. The van der Waals surface area contributed by atoms with Crippen LogP contribution >= 0.6 is 0 Å². The number of amides is 2. The first-order chi connectivity index (χ1) is 16.6. The topological polar surface area (TPSA) is 202 Å². The van der Waals surface area contributed by atoms with Gasteiger partial charge in [0.2, 0.25) is 11.8 Å². The Labute approximate surface area is 203 Å². The van der Waals surface area contributed by atoms with Gasteiger partial charge in [-0.25, -0.2) is 4.79 Å². The van der Waals surface area contributed by atoms with Gasteiger partial charge < -0.3 is 26.2 Å². The number of aliphatic carboxylic acids is 1. The predicted molar refractivity (Wildman–Crippen MR) is 127 cm³/mol. The lowest BCUT2D eigenvalue weighted by Crippen LogP contribution is -2.59. The van der Waals surface area contributed by atoms with Gasteiger partial charge in [0.15, 0.2) is 0 Å². The molecule has 0 spiro atoms. The van der Waals surface area contributed by atoms with Crippen molar-refractivity contribution in [3.63, 3.8) is 0 Å². The number of nitrogen functional groups attached to an aromatic ring is 1. The maximum atomic E-state index is 12.5. The number of aromatic nitrogens is 1. The molecule has 2 heterocycles. The molecule has 2 aliphatic rings. The molecule has 0 bridgehead atoms. The van der Waals surface area contributed by atoms with Gasteiger partial charge in [-0.15, -0.1) is 0 Å². The van der Waals surface area contributed by atoms with Crippen molar-refractivity contribution in [3.8, 4) is 0 Å². The zero-order valence-electron chi connectivity index (χ0n) is 19.9. The van der Waals surface area contributed by atoms with E-state index < -0.39 is 23.4 Å². The number of esters is 1. The lowest BCUT2D eigenvalue weighted by Gasteiger charge is -2.42. The fraction of sp³-hybridized carbons (Fsp3) is 0.565. The molecule has 2 fully saturated rings. The quantitative estimate of drug-likeness (QED) is 0.192. The number of likely N-dealkylation sites (tertiary alicyclic amines) is 1. The van der Waals surface area contributed by atoms with E-state index in [1.807, 2.05) is 0 Å². The van der Waals surface area contributed by atoms with Crippen molar-refractivity contribution in [1.29, 1.82) is 5.41 Å². The van der Waals surface area contributed by atoms with E-state index in [9.17, 15) is 24.3 Å². The molecule has 12 heteroatoms. The Kier molecular flexibility index (Phi) is 10.1. The minimum Gasteiger partial charge on any atom is -0.479 e. The summed E-state index contributed by atoms with van der Waals surface area (Å²) in [6.45, 7) is 0.373. The Hall–Kier alpha value is -3.54. The number of pyridine rings is 1. The fourth-order valence-corrected chi connectivity index (χ4v) is 4.73. The SMILES string of the molecule is COC(=O)CNCC(=O)N1CCC[C@]1(C(=O)O)C1CCCCC1.N=C(N)c1ccc(C(N)=O)cn1. The molecule has 1 aromatic heterocycles. The molecule has 35 heavy (non-hydrogen) atoms. The van der Waals surface area contributed by atoms with Crippen LogP contribution in [0.5, 0.6) is 0 Å². The number of hydrogen-bond acceptors (Lipinski definition) is 8. The predicted octanol–water partition coefficient (Wildman–Crippen LogP) is 0.240. The molecule has 1 aliphatic heterocycles. The van der Waals surface area contributed by atoms with E-state index in [1.165, 1.54) is 30.3 Å². The first-order valence-electron chi connectivity index (χ1n) is 11.5. The van der Waals surface area contributed by atoms with E-state index >= 15 is 0 Å². The molecule has 1 aliphatic carbocycles. The second kappa shape index (κ2) is 12.8. The van der Waals surface area contributed by atoms with E-state index in [4.69, 9.17) is 16.9 Å². The summed E-state index contributed by atoms with van der Waals surface area (Å²) in [5.74, 6) is -2.23. The van der Waals surface area contributed by atoms with Crippen molar-refractivity contribution in [2.75, 3.05) is 26.7 Å². The highest BCUT2D eigenvalue weighted by atomic mass is 16.5. The van der Waals surface area contributed by atoms with Crippen molar-refractivity contribution in [2.24, 2.45) is 17.4 Å². The number of amidine groups is 1. The molecule has 1 saturated carbocycles. The smallest absolute Gasteiger partial charge is 0.329 e. The zero-order chi connectivity index (χ0) is 26.0. The van der Waals surface area contributed by atoms with Gasteiger partial charge in [-0.05, 0) is 43.7 Å². The van der Waals surface area contributed by atoms with Crippen LogP contribution in [0.2, 0.25) is 0 Å². The molecule has 1 aromatic rings. The Balaban J connectivity index is 0.000000303. The number of carbonyl (C=O) groups is 4. The largest absolute Gasteiger partial charge is 0.479 e. The van der Waals surface area contributed by atoms with Gasteiger partial charge in [0.05, 0.1) is 25.8 Å². The van der Waals surface area contributed by atoms with Crippen LogP contribution in [0.15, 0.2) is 18.3 Å². The maximum Gasteiger partial charge on any atom is 0.329 e. The second-order valence-electron chi connectivity index (χ2n) is 8.60. The first-order valence-corrected chi connectivity index (χ1v) is 11.5. The number of carbonyl (C=O) groups excluding carboxylic acids is 3. The number of nitrogens with one attached hydrogen (secondary N) is 2. The number of hydrogen-bond donors (Lipinski definition) is 5. The van der Waals surface area contributed by atoms with E-state index in [1.54, 1.807) is 0 Å². The zero-order valence-corrected chi connectivity index (χ0v) is 19.9. The van der Waals surface area contributed by atoms with Gasteiger partial charge in [0.1, 0.15) is 17.1 Å². The van der Waals surface area contributed by atoms with Crippen LogP contribution in [-0.2, 0) is 19.1 Å². The summed E-state index contributed by atoms with van der Waals surface area (Å²) < 4.78 is 4.51. The highest BCUT2D eigenvalue weighted by molar-refractivity contribution is 5.95. The number of carboxylic acid groups (broad SMARTS) is 1. The van der Waals surface area contributed by atoms with Gasteiger partial charge in [0.25, 0.3) is 0 Å². The van der Waals surface area contributed by atoms with E-state index in [-0.39, 0.29) is 30.8 Å². The third-order valence-electron chi connectivity index (χ3n) is 6.47. The molecule has 0 unspecified atom stereocenters. The fourth-order valence-electron chi connectivity index (χ4n) is 4.73. The molecule has 2 amide bonds. The van der Waals surface area contributed by atoms with Crippen LogP contribution < -0.4 is 16.8 Å². The maximum absolute atomic E-state index is 12.5. The van der Waals surface area contributed by atoms with Crippen molar-refractivity contribution in [3.05, 3.63) is 29.6 Å². The lowest BCUT2D eigenvalue weighted by molar-refractivity contribution is -0.161. The summed E-state index contributed by atoms with van der Waals surface area (Å²) in [5, 5.41) is 19.6. The van der Waals surface area contributed by atoms with Gasteiger partial charge >= 0.3 is 11.9 Å². The third-order valence-corrected chi connectivity index (χ3v) is 6.47. The Morgan fingerprint density at radius 2 is 1.86 bits per heavy atom. The summed E-state index contributed by atoms with van der Waals surface area (Å²) >= 11 is 0. The second-order valence-corrected chi connectivity index (χ2v) is 8.60. The number of methoxy groups -OCH3 is 1. The van der Waals surface area contributed by atoms with Crippen LogP contribution in [0.4, 0.5) is 0 Å². The molecule has 3 rings (SSSR count). The van der Waals surface area contributed by atoms with Crippen LogP contribution in [0, 0.1) is 11.3 Å².